The topological polar surface area (TPSA) is 71.8 Å². The number of aromatic nitrogens is 3. The van der Waals surface area contributed by atoms with E-state index in [-0.39, 0.29) is 18.0 Å². The van der Waals surface area contributed by atoms with Gasteiger partial charge in [0.05, 0.1) is 12.1 Å². The number of amides is 1. The number of fused-ring (bicyclic) bond motifs is 1. The van der Waals surface area contributed by atoms with Gasteiger partial charge in [-0.3, -0.25) is 4.79 Å². The van der Waals surface area contributed by atoms with Crippen molar-refractivity contribution in [1.29, 1.82) is 0 Å². The van der Waals surface area contributed by atoms with E-state index in [9.17, 15) is 4.79 Å². The molecule has 0 spiro atoms. The Morgan fingerprint density at radius 2 is 2.32 bits per heavy atom. The lowest BCUT2D eigenvalue weighted by Gasteiger charge is -2.24. The summed E-state index contributed by atoms with van der Waals surface area (Å²) in [4.78, 5) is 12.2. The maximum absolute atomic E-state index is 12.2. The molecule has 3 rings (SSSR count). The number of nitrogens with one attached hydrogen (secondary N) is 2. The van der Waals surface area contributed by atoms with Crippen LogP contribution in [0.15, 0.2) is 0 Å². The van der Waals surface area contributed by atoms with Crippen LogP contribution in [0, 0.1) is 0 Å². The van der Waals surface area contributed by atoms with Crippen molar-refractivity contribution in [3.8, 4) is 0 Å². The first-order chi connectivity index (χ1) is 9.25. The van der Waals surface area contributed by atoms with Gasteiger partial charge in [-0.15, -0.1) is 10.2 Å². The Balaban J connectivity index is 1.64. The molecule has 1 fully saturated rings. The molecule has 1 aromatic rings. The van der Waals surface area contributed by atoms with Gasteiger partial charge < -0.3 is 15.2 Å². The van der Waals surface area contributed by atoms with Crippen LogP contribution in [0.5, 0.6) is 0 Å². The third-order valence-electron chi connectivity index (χ3n) is 4.01. The van der Waals surface area contributed by atoms with Gasteiger partial charge in [-0.1, -0.05) is 6.42 Å². The predicted molar refractivity (Wildman–Crippen MR) is 70.5 cm³/mol. The number of piperidine rings is 1. The van der Waals surface area contributed by atoms with Crippen molar-refractivity contribution in [2.75, 3.05) is 6.54 Å². The van der Waals surface area contributed by atoms with Crippen LogP contribution in [0.2, 0.25) is 0 Å². The third-order valence-corrected chi connectivity index (χ3v) is 4.01. The average Bonchev–Trinajstić information content (AvgIpc) is 3.01. The maximum atomic E-state index is 12.2. The number of carbonyl (C=O) groups is 1. The molecule has 0 saturated carbocycles. The SMILES string of the molecule is CC(NC(=O)C1CCCCN1)c1nnc2n1CCC2. The Labute approximate surface area is 113 Å². The van der Waals surface area contributed by atoms with E-state index in [0.717, 1.165) is 56.8 Å². The van der Waals surface area contributed by atoms with E-state index in [4.69, 9.17) is 0 Å². The Kier molecular flexibility index (Phi) is 3.50. The molecule has 2 unspecified atom stereocenters. The molecule has 6 heteroatoms. The summed E-state index contributed by atoms with van der Waals surface area (Å²) in [5, 5.41) is 14.7. The molecule has 2 atom stereocenters. The van der Waals surface area contributed by atoms with Gasteiger partial charge >= 0.3 is 0 Å². The zero-order valence-electron chi connectivity index (χ0n) is 11.4. The Bertz CT molecular complexity index is 464. The molecule has 104 valence electrons. The first kappa shape index (κ1) is 12.6. The number of hydrogen-bond donors (Lipinski definition) is 2. The number of carbonyl (C=O) groups excluding carboxylic acids is 1. The molecule has 3 heterocycles. The van der Waals surface area contributed by atoms with Crippen molar-refractivity contribution in [3.05, 3.63) is 11.6 Å². The number of aryl methyl sites for hydroxylation is 1. The molecule has 1 saturated heterocycles. The Hall–Kier alpha value is -1.43. The number of hydrogen-bond acceptors (Lipinski definition) is 4. The smallest absolute Gasteiger partial charge is 0.237 e. The molecule has 2 N–H and O–H groups in total. The van der Waals surface area contributed by atoms with Crippen LogP contribution in [0.25, 0.3) is 0 Å². The fourth-order valence-corrected chi connectivity index (χ4v) is 2.95. The summed E-state index contributed by atoms with van der Waals surface area (Å²) in [5.74, 6) is 2.02. The predicted octanol–water partition coefficient (Wildman–Crippen LogP) is 0.544. The molecule has 0 aliphatic carbocycles. The van der Waals surface area contributed by atoms with Crippen LogP contribution >= 0.6 is 0 Å². The lowest BCUT2D eigenvalue weighted by Crippen LogP contribution is -2.47. The number of rotatable bonds is 3. The summed E-state index contributed by atoms with van der Waals surface area (Å²) in [6, 6.07) is -0.118. The lowest BCUT2D eigenvalue weighted by atomic mass is 10.0. The second kappa shape index (κ2) is 5.28. The summed E-state index contributed by atoms with van der Waals surface area (Å²) in [7, 11) is 0. The normalized spacial score (nSPS) is 23.9. The van der Waals surface area contributed by atoms with Gasteiger partial charge in [0.1, 0.15) is 5.82 Å². The van der Waals surface area contributed by atoms with E-state index in [1.807, 2.05) is 6.92 Å². The zero-order valence-corrected chi connectivity index (χ0v) is 11.4. The molecular formula is C13H21N5O. The minimum atomic E-state index is -0.0735. The van der Waals surface area contributed by atoms with Gasteiger partial charge in [-0.2, -0.15) is 0 Å². The molecule has 0 aromatic carbocycles. The third kappa shape index (κ3) is 2.49. The second-order valence-electron chi connectivity index (χ2n) is 5.46. The highest BCUT2D eigenvalue weighted by Crippen LogP contribution is 2.19. The molecule has 1 aromatic heterocycles. The van der Waals surface area contributed by atoms with Crippen LogP contribution in [0.1, 0.15) is 50.3 Å². The van der Waals surface area contributed by atoms with E-state index in [2.05, 4.69) is 25.4 Å². The maximum Gasteiger partial charge on any atom is 0.237 e. The van der Waals surface area contributed by atoms with Gasteiger partial charge in [-0.05, 0) is 32.7 Å². The van der Waals surface area contributed by atoms with E-state index in [1.54, 1.807) is 0 Å². The molecule has 0 radical (unpaired) electrons. The molecule has 0 bridgehead atoms. The van der Waals surface area contributed by atoms with Gasteiger partial charge in [0.25, 0.3) is 0 Å². The highest BCUT2D eigenvalue weighted by molar-refractivity contribution is 5.82. The monoisotopic (exact) mass is 263 g/mol. The minimum absolute atomic E-state index is 0.0443. The Morgan fingerprint density at radius 1 is 1.42 bits per heavy atom. The van der Waals surface area contributed by atoms with Crippen molar-refractivity contribution in [2.45, 2.75) is 57.7 Å². The van der Waals surface area contributed by atoms with Gasteiger partial charge in [0.2, 0.25) is 5.91 Å². The summed E-state index contributed by atoms with van der Waals surface area (Å²) in [5.41, 5.74) is 0. The first-order valence-corrected chi connectivity index (χ1v) is 7.21. The highest BCUT2D eigenvalue weighted by Gasteiger charge is 2.25. The standard InChI is InChI=1S/C13H21N5O/c1-9(12-17-16-11-6-4-8-18(11)12)15-13(19)10-5-2-3-7-14-10/h9-10,14H,2-8H2,1H3,(H,15,19). The minimum Gasteiger partial charge on any atom is -0.345 e. The summed E-state index contributed by atoms with van der Waals surface area (Å²) in [6.07, 6.45) is 5.34. The molecule has 1 amide bonds. The van der Waals surface area contributed by atoms with E-state index < -0.39 is 0 Å². The fourth-order valence-electron chi connectivity index (χ4n) is 2.95. The van der Waals surface area contributed by atoms with Gasteiger partial charge in [0, 0.05) is 13.0 Å². The molecule has 6 nitrogen and oxygen atoms in total. The van der Waals surface area contributed by atoms with E-state index in [1.165, 1.54) is 0 Å². The quantitative estimate of drug-likeness (QED) is 0.835. The van der Waals surface area contributed by atoms with Crippen LogP contribution < -0.4 is 10.6 Å². The van der Waals surface area contributed by atoms with E-state index >= 15 is 0 Å². The first-order valence-electron chi connectivity index (χ1n) is 7.21. The molecule has 2 aliphatic rings. The van der Waals surface area contributed by atoms with Crippen molar-refractivity contribution in [1.82, 2.24) is 25.4 Å². The molecule has 2 aliphatic heterocycles. The average molecular weight is 263 g/mol. The van der Waals surface area contributed by atoms with Gasteiger partial charge in [-0.25, -0.2) is 0 Å². The van der Waals surface area contributed by atoms with Crippen LogP contribution in [-0.2, 0) is 17.8 Å². The van der Waals surface area contributed by atoms with Crippen LogP contribution in [0.3, 0.4) is 0 Å². The Morgan fingerprint density at radius 3 is 3.11 bits per heavy atom. The lowest BCUT2D eigenvalue weighted by molar-refractivity contribution is -0.124. The largest absolute Gasteiger partial charge is 0.345 e. The van der Waals surface area contributed by atoms with Crippen LogP contribution in [-0.4, -0.2) is 33.3 Å². The van der Waals surface area contributed by atoms with Crippen LogP contribution in [0.4, 0.5) is 0 Å². The van der Waals surface area contributed by atoms with Crippen molar-refractivity contribution in [3.63, 3.8) is 0 Å². The summed E-state index contributed by atoms with van der Waals surface area (Å²) in [6.45, 7) is 3.89. The molecule has 19 heavy (non-hydrogen) atoms. The molecular weight excluding hydrogens is 242 g/mol. The fraction of sp³-hybridized carbons (Fsp3) is 0.769. The van der Waals surface area contributed by atoms with Crippen molar-refractivity contribution < 1.29 is 4.79 Å². The van der Waals surface area contributed by atoms with Crippen molar-refractivity contribution in [2.24, 2.45) is 0 Å². The van der Waals surface area contributed by atoms with Crippen molar-refractivity contribution >= 4 is 5.91 Å². The summed E-state index contributed by atoms with van der Waals surface area (Å²) < 4.78 is 2.14. The zero-order chi connectivity index (χ0) is 13.2. The number of nitrogens with zero attached hydrogens (tertiary/aromatic N) is 3. The van der Waals surface area contributed by atoms with Gasteiger partial charge in [0.15, 0.2) is 5.82 Å². The van der Waals surface area contributed by atoms with E-state index in [0.29, 0.717) is 0 Å². The highest BCUT2D eigenvalue weighted by atomic mass is 16.2. The second-order valence-corrected chi connectivity index (χ2v) is 5.46. The summed E-state index contributed by atoms with van der Waals surface area (Å²) >= 11 is 0.